The van der Waals surface area contributed by atoms with E-state index in [-0.39, 0.29) is 33.3 Å². The molecule has 4 rings (SSSR count). The zero-order chi connectivity index (χ0) is 22.4. The number of nitrogens with one attached hydrogen (secondary N) is 1. The fraction of sp³-hybridized carbons (Fsp3) is 0.500. The van der Waals surface area contributed by atoms with Crippen LogP contribution in [0.4, 0.5) is 5.69 Å². The van der Waals surface area contributed by atoms with E-state index in [0.717, 1.165) is 11.3 Å². The van der Waals surface area contributed by atoms with Gasteiger partial charge in [0.05, 0.1) is 24.6 Å². The van der Waals surface area contributed by atoms with Crippen LogP contribution in [0, 0.1) is 23.7 Å². The second kappa shape index (κ2) is 8.71. The van der Waals surface area contributed by atoms with Gasteiger partial charge in [-0.1, -0.05) is 43.5 Å². The number of imide groups is 1. The molecule has 11 heteroatoms. The van der Waals surface area contributed by atoms with Crippen molar-refractivity contribution in [1.82, 2.24) is 4.90 Å². The molecule has 1 aromatic rings. The molecule has 1 aliphatic heterocycles. The summed E-state index contributed by atoms with van der Waals surface area (Å²) in [6.45, 7) is -1.08. The standard InChI is InChI=1S/C20H19Br2ClN2O6/c1-30-12-3-2-8(23)4-11(12)24-13(26)7-31-14(27)6-25-19(28)15-9-5-10(16(15)20(25)29)18(22)17(9)21/h2-4,9-10,15-18H,5-7H2,1H3,(H,24,26)/t9-,10-,15-,16-,17+,18+/m1/s1. The third kappa shape index (κ3) is 3.98. The number of benzene rings is 1. The zero-order valence-corrected chi connectivity index (χ0v) is 20.3. The van der Waals surface area contributed by atoms with Crippen LogP contribution in [0.15, 0.2) is 18.2 Å². The number of carbonyl (C=O) groups is 4. The van der Waals surface area contributed by atoms with E-state index in [1.165, 1.54) is 13.2 Å². The molecule has 2 bridgehead atoms. The SMILES string of the molecule is COc1ccc(Cl)cc1NC(=O)COC(=O)CN1C(=O)[C@@H]2[C@H]3C[C@@H]([C@H](Br)[C@H]3Br)[C@H]2C1=O. The second-order valence-corrected chi connectivity index (χ2v) is 10.4. The second-order valence-electron chi connectivity index (χ2n) is 7.82. The molecular formula is C20H19Br2ClN2O6. The third-order valence-corrected chi connectivity index (χ3v) is 9.61. The summed E-state index contributed by atoms with van der Waals surface area (Å²) >= 11 is 13.2. The smallest absolute Gasteiger partial charge is 0.326 e. The summed E-state index contributed by atoms with van der Waals surface area (Å²) in [5, 5.41) is 2.95. The van der Waals surface area contributed by atoms with E-state index in [2.05, 4.69) is 37.2 Å². The number of amides is 3. The molecule has 2 saturated carbocycles. The summed E-state index contributed by atoms with van der Waals surface area (Å²) in [5.74, 6) is -2.38. The van der Waals surface area contributed by atoms with E-state index in [9.17, 15) is 19.2 Å². The Labute approximate surface area is 200 Å². The number of methoxy groups -OCH3 is 1. The minimum atomic E-state index is -0.826. The monoisotopic (exact) mass is 576 g/mol. The van der Waals surface area contributed by atoms with Crippen LogP contribution in [0.5, 0.6) is 5.75 Å². The topological polar surface area (TPSA) is 102 Å². The van der Waals surface area contributed by atoms with Crippen LogP contribution < -0.4 is 10.1 Å². The number of anilines is 1. The number of alkyl halides is 2. The van der Waals surface area contributed by atoms with E-state index >= 15 is 0 Å². The van der Waals surface area contributed by atoms with Crippen LogP contribution in [0.3, 0.4) is 0 Å². The van der Waals surface area contributed by atoms with Crippen molar-refractivity contribution in [2.45, 2.75) is 16.1 Å². The minimum Gasteiger partial charge on any atom is -0.495 e. The molecule has 2 aliphatic carbocycles. The maximum Gasteiger partial charge on any atom is 0.326 e. The molecule has 3 aliphatic rings. The Balaban J connectivity index is 1.33. The highest BCUT2D eigenvalue weighted by Crippen LogP contribution is 2.60. The van der Waals surface area contributed by atoms with Gasteiger partial charge in [-0.3, -0.25) is 24.1 Å². The highest BCUT2D eigenvalue weighted by Gasteiger charge is 2.66. The quantitative estimate of drug-likeness (QED) is 0.317. The molecule has 1 aromatic carbocycles. The summed E-state index contributed by atoms with van der Waals surface area (Å²) in [4.78, 5) is 51.2. The van der Waals surface area contributed by atoms with Crippen LogP contribution in [0.1, 0.15) is 6.42 Å². The fourth-order valence-corrected chi connectivity index (χ4v) is 6.90. The zero-order valence-electron chi connectivity index (χ0n) is 16.3. The van der Waals surface area contributed by atoms with Gasteiger partial charge in [-0.2, -0.15) is 0 Å². The highest BCUT2D eigenvalue weighted by molar-refractivity contribution is 9.12. The number of hydrogen-bond donors (Lipinski definition) is 1. The highest BCUT2D eigenvalue weighted by atomic mass is 79.9. The van der Waals surface area contributed by atoms with Gasteiger partial charge in [0.15, 0.2) is 6.61 Å². The van der Waals surface area contributed by atoms with Crippen molar-refractivity contribution in [1.29, 1.82) is 0 Å². The average molecular weight is 579 g/mol. The van der Waals surface area contributed by atoms with Gasteiger partial charge in [0.1, 0.15) is 12.3 Å². The Hall–Kier alpha value is -1.65. The van der Waals surface area contributed by atoms with Crippen LogP contribution in [0.2, 0.25) is 5.02 Å². The average Bonchev–Trinajstić information content (AvgIpc) is 3.33. The molecule has 0 aromatic heterocycles. The van der Waals surface area contributed by atoms with Gasteiger partial charge in [-0.25, -0.2) is 0 Å². The molecule has 3 amide bonds. The van der Waals surface area contributed by atoms with Crippen LogP contribution in [0.25, 0.3) is 0 Å². The van der Waals surface area contributed by atoms with E-state index in [1.54, 1.807) is 12.1 Å². The first-order valence-corrected chi connectivity index (χ1v) is 11.9. The Morgan fingerprint density at radius 3 is 2.35 bits per heavy atom. The Morgan fingerprint density at radius 2 is 1.77 bits per heavy atom. The minimum absolute atomic E-state index is 0.0651. The van der Waals surface area contributed by atoms with Crippen molar-refractivity contribution >= 4 is 72.8 Å². The van der Waals surface area contributed by atoms with E-state index in [4.69, 9.17) is 21.1 Å². The first-order valence-electron chi connectivity index (χ1n) is 9.65. The molecule has 3 fully saturated rings. The number of carbonyl (C=O) groups excluding carboxylic acids is 4. The lowest BCUT2D eigenvalue weighted by Crippen LogP contribution is -2.38. The van der Waals surface area contributed by atoms with Gasteiger partial charge in [-0.05, 0) is 36.5 Å². The number of halogens is 3. The number of fused-ring (bicyclic) bond motifs is 5. The molecule has 6 atom stereocenters. The lowest BCUT2D eigenvalue weighted by molar-refractivity contribution is -0.154. The molecule has 1 heterocycles. The largest absolute Gasteiger partial charge is 0.495 e. The molecular weight excluding hydrogens is 559 g/mol. The predicted molar refractivity (Wildman–Crippen MR) is 118 cm³/mol. The summed E-state index contributed by atoms with van der Waals surface area (Å²) in [6.07, 6.45) is 0.810. The van der Waals surface area contributed by atoms with Crippen molar-refractivity contribution in [3.63, 3.8) is 0 Å². The van der Waals surface area contributed by atoms with Gasteiger partial charge < -0.3 is 14.8 Å². The molecule has 0 spiro atoms. The normalized spacial score (nSPS) is 31.0. The predicted octanol–water partition coefficient (Wildman–Crippen LogP) is 2.61. The molecule has 166 valence electrons. The van der Waals surface area contributed by atoms with Crippen molar-refractivity contribution in [2.75, 3.05) is 25.6 Å². The van der Waals surface area contributed by atoms with Crippen molar-refractivity contribution < 1.29 is 28.7 Å². The summed E-state index contributed by atoms with van der Waals surface area (Å²) in [7, 11) is 1.44. The number of rotatable bonds is 6. The fourth-order valence-electron chi connectivity index (χ4n) is 4.85. The van der Waals surface area contributed by atoms with Crippen molar-refractivity contribution in [3.8, 4) is 5.75 Å². The van der Waals surface area contributed by atoms with Gasteiger partial charge in [0.25, 0.3) is 5.91 Å². The van der Waals surface area contributed by atoms with Gasteiger partial charge in [-0.15, -0.1) is 0 Å². The van der Waals surface area contributed by atoms with Gasteiger partial charge >= 0.3 is 5.97 Å². The maximum absolute atomic E-state index is 12.8. The first-order chi connectivity index (χ1) is 14.7. The summed E-state index contributed by atoms with van der Waals surface area (Å²) < 4.78 is 10.1. The Kier molecular flexibility index (Phi) is 6.33. The maximum atomic E-state index is 12.8. The van der Waals surface area contributed by atoms with E-state index in [0.29, 0.717) is 16.5 Å². The van der Waals surface area contributed by atoms with E-state index in [1.807, 2.05) is 0 Å². The molecule has 1 saturated heterocycles. The number of esters is 1. The third-order valence-electron chi connectivity index (χ3n) is 6.17. The molecule has 0 unspecified atom stereocenters. The number of hydrogen-bond acceptors (Lipinski definition) is 6. The first kappa shape index (κ1) is 22.5. The lowest BCUT2D eigenvalue weighted by Gasteiger charge is -2.28. The summed E-state index contributed by atoms with van der Waals surface area (Å²) in [5.41, 5.74) is 0.331. The van der Waals surface area contributed by atoms with Gasteiger partial charge in [0.2, 0.25) is 11.8 Å². The molecule has 1 N–H and O–H groups in total. The van der Waals surface area contributed by atoms with Crippen molar-refractivity contribution in [2.24, 2.45) is 23.7 Å². The lowest BCUT2D eigenvalue weighted by atomic mass is 9.81. The molecule has 8 nitrogen and oxygen atoms in total. The van der Waals surface area contributed by atoms with Crippen LogP contribution >= 0.6 is 43.5 Å². The van der Waals surface area contributed by atoms with Crippen LogP contribution in [-0.4, -0.2) is 58.5 Å². The Morgan fingerprint density at radius 1 is 1.16 bits per heavy atom. The molecule has 0 radical (unpaired) electrons. The Bertz CT molecular complexity index is 928. The van der Waals surface area contributed by atoms with Crippen LogP contribution in [-0.2, 0) is 23.9 Å². The summed E-state index contributed by atoms with van der Waals surface area (Å²) in [6, 6.07) is 4.70. The number of ether oxygens (including phenoxy) is 2. The number of nitrogens with zero attached hydrogens (tertiary/aromatic N) is 1. The van der Waals surface area contributed by atoms with Gasteiger partial charge in [0, 0.05) is 14.7 Å². The molecule has 31 heavy (non-hydrogen) atoms. The van der Waals surface area contributed by atoms with E-state index < -0.39 is 36.9 Å². The number of likely N-dealkylation sites (tertiary alicyclic amines) is 1. The van der Waals surface area contributed by atoms with Crippen molar-refractivity contribution in [3.05, 3.63) is 23.2 Å².